The summed E-state index contributed by atoms with van der Waals surface area (Å²) in [6.45, 7) is 3.02. The standard InChI is InChI=1S/C19H21F3N6O/c20-19(21,22)12-24-17-15-5-6-23-16(15)26-18(27-17)25-14-3-1-13(2-4-14)11-28-7-9-29-10-8-28/h1-6H,7-12H2,(H3,23,24,25,26,27). The van der Waals surface area contributed by atoms with Crippen molar-refractivity contribution in [2.45, 2.75) is 12.7 Å². The molecule has 3 aromatic rings. The summed E-state index contributed by atoms with van der Waals surface area (Å²) in [6.07, 6.45) is -2.72. The third-order valence-corrected chi connectivity index (χ3v) is 4.59. The van der Waals surface area contributed by atoms with Gasteiger partial charge in [0.05, 0.1) is 18.6 Å². The first-order chi connectivity index (χ1) is 14.0. The Labute approximate surface area is 165 Å². The summed E-state index contributed by atoms with van der Waals surface area (Å²) in [5, 5.41) is 5.90. The molecule has 10 heteroatoms. The van der Waals surface area contributed by atoms with Crippen LogP contribution in [0.5, 0.6) is 0 Å². The molecule has 3 N–H and O–H groups in total. The van der Waals surface area contributed by atoms with E-state index >= 15 is 0 Å². The van der Waals surface area contributed by atoms with Crippen LogP contribution >= 0.6 is 0 Å². The van der Waals surface area contributed by atoms with E-state index in [1.807, 2.05) is 24.3 Å². The molecular formula is C19H21F3N6O. The Morgan fingerprint density at radius 1 is 1.07 bits per heavy atom. The maximum absolute atomic E-state index is 12.6. The van der Waals surface area contributed by atoms with E-state index in [1.54, 1.807) is 12.3 Å². The molecule has 7 nitrogen and oxygen atoms in total. The maximum Gasteiger partial charge on any atom is 0.405 e. The van der Waals surface area contributed by atoms with Crippen LogP contribution < -0.4 is 10.6 Å². The van der Waals surface area contributed by atoms with Crippen molar-refractivity contribution in [3.63, 3.8) is 0 Å². The Hall–Kier alpha value is -2.85. The van der Waals surface area contributed by atoms with Gasteiger partial charge >= 0.3 is 6.18 Å². The molecule has 0 unspecified atom stereocenters. The van der Waals surface area contributed by atoms with E-state index in [1.165, 1.54) is 5.56 Å². The van der Waals surface area contributed by atoms with Crippen LogP contribution in [0.3, 0.4) is 0 Å². The molecule has 0 aliphatic carbocycles. The number of aromatic amines is 1. The number of benzene rings is 1. The number of aromatic nitrogens is 3. The molecule has 154 valence electrons. The van der Waals surface area contributed by atoms with E-state index < -0.39 is 12.7 Å². The van der Waals surface area contributed by atoms with E-state index in [4.69, 9.17) is 4.74 Å². The monoisotopic (exact) mass is 406 g/mol. The second-order valence-electron chi connectivity index (χ2n) is 6.81. The van der Waals surface area contributed by atoms with Crippen molar-refractivity contribution in [1.82, 2.24) is 19.9 Å². The summed E-state index contributed by atoms with van der Waals surface area (Å²) in [4.78, 5) is 13.8. The van der Waals surface area contributed by atoms with Crippen LogP contribution in [0.25, 0.3) is 11.0 Å². The average Bonchev–Trinajstić information content (AvgIpc) is 3.17. The molecule has 4 rings (SSSR count). The lowest BCUT2D eigenvalue weighted by atomic mass is 10.2. The minimum Gasteiger partial charge on any atom is -0.379 e. The fraction of sp³-hybridized carbons (Fsp3) is 0.368. The van der Waals surface area contributed by atoms with Crippen molar-refractivity contribution < 1.29 is 17.9 Å². The minimum atomic E-state index is -4.34. The molecule has 0 radical (unpaired) electrons. The van der Waals surface area contributed by atoms with Crippen molar-refractivity contribution in [2.24, 2.45) is 0 Å². The molecule has 1 aromatic carbocycles. The zero-order valence-electron chi connectivity index (χ0n) is 15.6. The molecule has 0 atom stereocenters. The van der Waals surface area contributed by atoms with Gasteiger partial charge < -0.3 is 20.4 Å². The maximum atomic E-state index is 12.6. The van der Waals surface area contributed by atoms with Crippen LogP contribution in [0.15, 0.2) is 36.5 Å². The first-order valence-corrected chi connectivity index (χ1v) is 9.28. The predicted octanol–water partition coefficient (Wildman–Crippen LogP) is 3.51. The van der Waals surface area contributed by atoms with E-state index in [-0.39, 0.29) is 11.8 Å². The number of morpholine rings is 1. The molecule has 0 saturated carbocycles. The second kappa shape index (κ2) is 8.26. The zero-order valence-corrected chi connectivity index (χ0v) is 15.6. The van der Waals surface area contributed by atoms with Crippen molar-refractivity contribution in [1.29, 1.82) is 0 Å². The van der Waals surface area contributed by atoms with Gasteiger partial charge in [-0.25, -0.2) is 0 Å². The SMILES string of the molecule is FC(F)(F)CNc1nc(Nc2ccc(CN3CCOCC3)cc2)nc2[nH]ccc12. The summed E-state index contributed by atoms with van der Waals surface area (Å²) >= 11 is 0. The summed E-state index contributed by atoms with van der Waals surface area (Å²) in [7, 11) is 0. The normalized spacial score (nSPS) is 15.6. The number of hydrogen-bond acceptors (Lipinski definition) is 6. The molecule has 0 amide bonds. The van der Waals surface area contributed by atoms with Crippen molar-refractivity contribution in [3.8, 4) is 0 Å². The van der Waals surface area contributed by atoms with E-state index in [9.17, 15) is 13.2 Å². The first-order valence-electron chi connectivity index (χ1n) is 9.28. The number of fused-ring (bicyclic) bond motifs is 1. The molecule has 0 spiro atoms. The fourth-order valence-electron chi connectivity index (χ4n) is 3.16. The molecule has 1 aliphatic heterocycles. The van der Waals surface area contributed by atoms with Crippen LogP contribution in [0.2, 0.25) is 0 Å². The van der Waals surface area contributed by atoms with Gasteiger partial charge in [-0.1, -0.05) is 12.1 Å². The van der Waals surface area contributed by atoms with Crippen LogP contribution in [-0.2, 0) is 11.3 Å². The third-order valence-electron chi connectivity index (χ3n) is 4.59. The van der Waals surface area contributed by atoms with Gasteiger partial charge in [0.2, 0.25) is 5.95 Å². The highest BCUT2D eigenvalue weighted by Gasteiger charge is 2.27. The van der Waals surface area contributed by atoms with Gasteiger partial charge in [0, 0.05) is 31.5 Å². The fourth-order valence-corrected chi connectivity index (χ4v) is 3.16. The van der Waals surface area contributed by atoms with Gasteiger partial charge in [-0.2, -0.15) is 23.1 Å². The number of H-pyrrole nitrogens is 1. The summed E-state index contributed by atoms with van der Waals surface area (Å²) in [5.41, 5.74) is 2.38. The van der Waals surface area contributed by atoms with Crippen LogP contribution in [-0.4, -0.2) is 58.9 Å². The van der Waals surface area contributed by atoms with Gasteiger partial charge in [-0.05, 0) is 23.8 Å². The third kappa shape index (κ3) is 5.15. The van der Waals surface area contributed by atoms with Gasteiger partial charge in [-0.15, -0.1) is 0 Å². The number of ether oxygens (including phenoxy) is 1. The highest BCUT2D eigenvalue weighted by atomic mass is 19.4. The average molecular weight is 406 g/mol. The molecule has 1 saturated heterocycles. The number of nitrogens with one attached hydrogen (secondary N) is 3. The highest BCUT2D eigenvalue weighted by Crippen LogP contribution is 2.25. The Balaban J connectivity index is 1.47. The van der Waals surface area contributed by atoms with Crippen molar-refractivity contribution >= 4 is 28.5 Å². The summed E-state index contributed by atoms with van der Waals surface area (Å²) in [5.74, 6) is 0.338. The molecule has 1 aliphatic rings. The van der Waals surface area contributed by atoms with Crippen molar-refractivity contribution in [3.05, 3.63) is 42.1 Å². The van der Waals surface area contributed by atoms with Gasteiger partial charge in [0.1, 0.15) is 18.0 Å². The lowest BCUT2D eigenvalue weighted by Crippen LogP contribution is -2.35. The smallest absolute Gasteiger partial charge is 0.379 e. The van der Waals surface area contributed by atoms with E-state index in [0.29, 0.717) is 11.0 Å². The van der Waals surface area contributed by atoms with E-state index in [0.717, 1.165) is 38.5 Å². The Bertz CT molecular complexity index is 951. The van der Waals surface area contributed by atoms with Crippen LogP contribution in [0, 0.1) is 0 Å². The van der Waals surface area contributed by atoms with Gasteiger partial charge in [0.25, 0.3) is 0 Å². The molecule has 2 aromatic heterocycles. The molecular weight excluding hydrogens is 385 g/mol. The Kier molecular flexibility index (Phi) is 5.54. The number of halogens is 3. The molecule has 29 heavy (non-hydrogen) atoms. The number of rotatable bonds is 6. The topological polar surface area (TPSA) is 78.1 Å². The number of nitrogens with zero attached hydrogens (tertiary/aromatic N) is 3. The van der Waals surface area contributed by atoms with Crippen LogP contribution in [0.1, 0.15) is 5.56 Å². The minimum absolute atomic E-state index is 0.125. The van der Waals surface area contributed by atoms with Crippen molar-refractivity contribution in [2.75, 3.05) is 43.5 Å². The summed E-state index contributed by atoms with van der Waals surface area (Å²) < 4.78 is 43.1. The van der Waals surface area contributed by atoms with Gasteiger partial charge in [0.15, 0.2) is 0 Å². The first kappa shape index (κ1) is 19.5. The molecule has 3 heterocycles. The Morgan fingerprint density at radius 2 is 1.83 bits per heavy atom. The second-order valence-corrected chi connectivity index (χ2v) is 6.81. The highest BCUT2D eigenvalue weighted by molar-refractivity contribution is 5.88. The quantitative estimate of drug-likeness (QED) is 0.582. The zero-order chi connectivity index (χ0) is 20.3. The largest absolute Gasteiger partial charge is 0.405 e. The number of anilines is 3. The number of alkyl halides is 3. The summed E-state index contributed by atoms with van der Waals surface area (Å²) in [6, 6.07) is 9.46. The van der Waals surface area contributed by atoms with Gasteiger partial charge in [-0.3, -0.25) is 4.90 Å². The molecule has 0 bridgehead atoms. The Morgan fingerprint density at radius 3 is 2.55 bits per heavy atom. The number of hydrogen-bond donors (Lipinski definition) is 3. The lowest BCUT2D eigenvalue weighted by Gasteiger charge is -2.26. The van der Waals surface area contributed by atoms with Crippen LogP contribution in [0.4, 0.5) is 30.6 Å². The molecule has 1 fully saturated rings. The lowest BCUT2D eigenvalue weighted by molar-refractivity contribution is -0.115. The van der Waals surface area contributed by atoms with E-state index in [2.05, 4.69) is 30.5 Å². The predicted molar refractivity (Wildman–Crippen MR) is 104 cm³/mol.